The predicted molar refractivity (Wildman–Crippen MR) is 83.3 cm³/mol. The second kappa shape index (κ2) is 5.97. The third-order valence-electron chi connectivity index (χ3n) is 4.79. The molecule has 0 aromatic heterocycles. The quantitative estimate of drug-likeness (QED) is 0.741. The van der Waals surface area contributed by atoms with Gasteiger partial charge in [-0.1, -0.05) is 13.0 Å². The second-order valence-corrected chi connectivity index (χ2v) is 7.99. The monoisotopic (exact) mass is 264 g/mol. The normalized spacial score (nSPS) is 30.3. The third-order valence-corrected chi connectivity index (χ3v) is 4.79. The molecule has 0 radical (unpaired) electrons. The Kier molecular flexibility index (Phi) is 4.73. The van der Waals surface area contributed by atoms with Crippen LogP contribution < -0.4 is 5.32 Å². The molecular formula is C17H32N2. The highest BCUT2D eigenvalue weighted by molar-refractivity contribution is 5.01. The Balaban J connectivity index is 1.66. The van der Waals surface area contributed by atoms with E-state index in [1.807, 2.05) is 0 Å². The van der Waals surface area contributed by atoms with Crippen molar-refractivity contribution in [2.24, 2.45) is 17.8 Å². The zero-order valence-electron chi connectivity index (χ0n) is 13.3. The van der Waals surface area contributed by atoms with Crippen molar-refractivity contribution in [1.29, 1.82) is 0 Å². The molecule has 110 valence electrons. The molecule has 2 bridgehead atoms. The van der Waals surface area contributed by atoms with E-state index in [0.29, 0.717) is 0 Å². The molecule has 1 N–H and O–H groups in total. The van der Waals surface area contributed by atoms with Gasteiger partial charge in [-0.15, -0.1) is 0 Å². The lowest BCUT2D eigenvalue weighted by molar-refractivity contribution is 0.229. The Bertz CT molecular complexity index is 316. The summed E-state index contributed by atoms with van der Waals surface area (Å²) in [5, 5.41) is 3.52. The number of hydrogen-bond acceptors (Lipinski definition) is 2. The molecule has 2 rings (SSSR count). The molecule has 0 spiro atoms. The Morgan fingerprint density at radius 2 is 2.00 bits per heavy atom. The summed E-state index contributed by atoms with van der Waals surface area (Å²) in [5.74, 6) is 3.06. The summed E-state index contributed by atoms with van der Waals surface area (Å²) in [4.78, 5) is 2.48. The molecule has 0 aliphatic heterocycles. The SMILES string of the molecule is C=C(CNC(C)(C)C)CN(C)CC1CC2CCC1C2. The van der Waals surface area contributed by atoms with E-state index in [1.165, 1.54) is 37.8 Å². The van der Waals surface area contributed by atoms with Crippen LogP contribution in [0.25, 0.3) is 0 Å². The van der Waals surface area contributed by atoms with Gasteiger partial charge in [0.1, 0.15) is 0 Å². The maximum Gasteiger partial charge on any atom is 0.0199 e. The molecule has 2 aliphatic carbocycles. The molecular weight excluding hydrogens is 232 g/mol. The Morgan fingerprint density at radius 3 is 2.53 bits per heavy atom. The summed E-state index contributed by atoms with van der Waals surface area (Å²) in [5.41, 5.74) is 1.49. The smallest absolute Gasteiger partial charge is 0.0199 e. The van der Waals surface area contributed by atoms with E-state index >= 15 is 0 Å². The van der Waals surface area contributed by atoms with Gasteiger partial charge >= 0.3 is 0 Å². The minimum Gasteiger partial charge on any atom is -0.308 e. The van der Waals surface area contributed by atoms with Gasteiger partial charge in [-0.25, -0.2) is 0 Å². The van der Waals surface area contributed by atoms with Crippen LogP contribution in [0.2, 0.25) is 0 Å². The minimum atomic E-state index is 0.187. The summed E-state index contributed by atoms with van der Waals surface area (Å²) in [6.07, 6.45) is 6.01. The highest BCUT2D eigenvalue weighted by Gasteiger charge is 2.39. The molecule has 2 heteroatoms. The summed E-state index contributed by atoms with van der Waals surface area (Å²) in [6, 6.07) is 0. The Morgan fingerprint density at radius 1 is 1.26 bits per heavy atom. The van der Waals surface area contributed by atoms with Crippen LogP contribution in [0.3, 0.4) is 0 Å². The fourth-order valence-corrected chi connectivity index (χ4v) is 3.89. The van der Waals surface area contributed by atoms with E-state index in [4.69, 9.17) is 0 Å². The molecule has 3 unspecified atom stereocenters. The molecule has 2 saturated carbocycles. The van der Waals surface area contributed by atoms with Crippen LogP contribution in [0.5, 0.6) is 0 Å². The van der Waals surface area contributed by atoms with Gasteiger partial charge in [0, 0.05) is 25.2 Å². The van der Waals surface area contributed by atoms with E-state index < -0.39 is 0 Å². The van der Waals surface area contributed by atoms with Crippen molar-refractivity contribution in [2.45, 2.75) is 52.0 Å². The Hall–Kier alpha value is -0.340. The zero-order valence-corrected chi connectivity index (χ0v) is 13.3. The van der Waals surface area contributed by atoms with Gasteiger partial charge in [0.15, 0.2) is 0 Å². The first-order chi connectivity index (χ1) is 8.83. The molecule has 19 heavy (non-hydrogen) atoms. The van der Waals surface area contributed by atoms with Crippen molar-refractivity contribution in [3.8, 4) is 0 Å². The van der Waals surface area contributed by atoms with Crippen molar-refractivity contribution in [1.82, 2.24) is 10.2 Å². The fourth-order valence-electron chi connectivity index (χ4n) is 3.89. The molecule has 0 amide bonds. The first-order valence-corrected chi connectivity index (χ1v) is 7.93. The van der Waals surface area contributed by atoms with Crippen molar-refractivity contribution in [2.75, 3.05) is 26.7 Å². The lowest BCUT2D eigenvalue weighted by Crippen LogP contribution is -2.39. The molecule has 2 fully saturated rings. The third kappa shape index (κ3) is 4.61. The van der Waals surface area contributed by atoms with E-state index in [9.17, 15) is 0 Å². The van der Waals surface area contributed by atoms with Crippen LogP contribution in [0, 0.1) is 17.8 Å². The topological polar surface area (TPSA) is 15.3 Å². The zero-order chi connectivity index (χ0) is 14.0. The molecule has 0 aromatic rings. The van der Waals surface area contributed by atoms with Gasteiger partial charge in [0.05, 0.1) is 0 Å². The van der Waals surface area contributed by atoms with Gasteiger partial charge in [-0.05, 0) is 70.4 Å². The lowest BCUT2D eigenvalue weighted by atomic mass is 9.88. The highest BCUT2D eigenvalue weighted by atomic mass is 15.1. The minimum absolute atomic E-state index is 0.187. The van der Waals surface area contributed by atoms with Crippen LogP contribution >= 0.6 is 0 Å². The van der Waals surface area contributed by atoms with Gasteiger partial charge in [0.25, 0.3) is 0 Å². The number of nitrogens with one attached hydrogen (secondary N) is 1. The van der Waals surface area contributed by atoms with Crippen molar-refractivity contribution < 1.29 is 0 Å². The number of hydrogen-bond donors (Lipinski definition) is 1. The van der Waals surface area contributed by atoms with Crippen LogP contribution in [-0.2, 0) is 0 Å². The van der Waals surface area contributed by atoms with Gasteiger partial charge in [0.2, 0.25) is 0 Å². The Labute approximate surface area is 119 Å². The van der Waals surface area contributed by atoms with Crippen LogP contribution in [0.15, 0.2) is 12.2 Å². The number of nitrogens with zero attached hydrogens (tertiary/aromatic N) is 1. The standard InChI is InChI=1S/C17H32N2/c1-13(10-18-17(2,3)4)11-19(5)12-16-9-14-6-7-15(16)8-14/h14-16,18H,1,6-12H2,2-5H3. The second-order valence-electron chi connectivity index (χ2n) is 7.99. The van der Waals surface area contributed by atoms with E-state index in [-0.39, 0.29) is 5.54 Å². The highest BCUT2D eigenvalue weighted by Crippen LogP contribution is 2.48. The number of likely N-dealkylation sites (N-methyl/N-ethyl adjacent to an activating group) is 1. The largest absolute Gasteiger partial charge is 0.308 e. The number of fused-ring (bicyclic) bond motifs is 2. The van der Waals surface area contributed by atoms with Crippen LogP contribution in [-0.4, -0.2) is 37.1 Å². The first kappa shape index (κ1) is 15.1. The molecule has 0 aromatic carbocycles. The molecule has 2 nitrogen and oxygen atoms in total. The van der Waals surface area contributed by atoms with E-state index in [0.717, 1.165) is 30.8 Å². The summed E-state index contributed by atoms with van der Waals surface area (Å²) in [6.45, 7) is 14.1. The predicted octanol–water partition coefficient (Wildman–Crippen LogP) is 3.30. The maximum absolute atomic E-state index is 4.22. The van der Waals surface area contributed by atoms with Gasteiger partial charge in [-0.3, -0.25) is 0 Å². The fraction of sp³-hybridized carbons (Fsp3) is 0.882. The van der Waals surface area contributed by atoms with Crippen molar-refractivity contribution in [3.05, 3.63) is 12.2 Å². The molecule has 0 saturated heterocycles. The summed E-state index contributed by atoms with van der Waals surface area (Å²) >= 11 is 0. The average molecular weight is 264 g/mol. The van der Waals surface area contributed by atoms with Crippen LogP contribution in [0.1, 0.15) is 46.5 Å². The van der Waals surface area contributed by atoms with Crippen molar-refractivity contribution in [3.63, 3.8) is 0 Å². The molecule has 0 heterocycles. The van der Waals surface area contributed by atoms with E-state index in [1.54, 1.807) is 0 Å². The van der Waals surface area contributed by atoms with Gasteiger partial charge < -0.3 is 10.2 Å². The van der Waals surface area contributed by atoms with Gasteiger partial charge in [-0.2, -0.15) is 0 Å². The molecule has 2 aliphatic rings. The summed E-state index contributed by atoms with van der Waals surface area (Å²) in [7, 11) is 2.26. The summed E-state index contributed by atoms with van der Waals surface area (Å²) < 4.78 is 0. The maximum atomic E-state index is 4.22. The average Bonchev–Trinajstić information content (AvgIpc) is 2.87. The molecule has 3 atom stereocenters. The van der Waals surface area contributed by atoms with Crippen LogP contribution in [0.4, 0.5) is 0 Å². The first-order valence-electron chi connectivity index (χ1n) is 7.93. The lowest BCUT2D eigenvalue weighted by Gasteiger charge is -2.28. The van der Waals surface area contributed by atoms with E-state index in [2.05, 4.69) is 44.6 Å². The van der Waals surface area contributed by atoms with Crippen molar-refractivity contribution >= 4 is 0 Å². The number of rotatable bonds is 6.